The monoisotopic (exact) mass is 659 g/mol. The van der Waals surface area contributed by atoms with Crippen molar-refractivity contribution in [3.63, 3.8) is 0 Å². The fourth-order valence-corrected chi connectivity index (χ4v) is 7.38. The third kappa shape index (κ3) is 7.16. The van der Waals surface area contributed by atoms with Crippen molar-refractivity contribution < 1.29 is 27.1 Å². The molecule has 8 nitrogen and oxygen atoms in total. The summed E-state index contributed by atoms with van der Waals surface area (Å²) < 4.78 is 66.1. The lowest BCUT2D eigenvalue weighted by Gasteiger charge is -2.34. The number of benzene rings is 2. The van der Waals surface area contributed by atoms with Gasteiger partial charge in [-0.2, -0.15) is 18.2 Å². The van der Waals surface area contributed by atoms with Crippen LogP contribution in [0.1, 0.15) is 26.3 Å². The molecule has 1 N–H and O–H groups in total. The molecule has 1 amide bonds. The molecule has 1 aromatic heterocycles. The number of hydrogen-bond donors (Lipinski definition) is 1. The summed E-state index contributed by atoms with van der Waals surface area (Å²) in [5, 5.41) is 2.97. The molecule has 5 rings (SSSR count). The molecule has 2 aliphatic heterocycles. The summed E-state index contributed by atoms with van der Waals surface area (Å²) in [6.45, 7) is 11.9. The topological polar surface area (TPSA) is 79.7 Å². The number of aromatic nitrogens is 2. The maximum absolute atomic E-state index is 15.0. The van der Waals surface area contributed by atoms with Crippen LogP contribution >= 0.6 is 11.8 Å². The molecule has 46 heavy (non-hydrogen) atoms. The number of alkyl halides is 3. The number of hydrogen-bond acceptors (Lipinski definition) is 7. The largest absolute Gasteiger partial charge is 0.417 e. The lowest BCUT2D eigenvalue weighted by Crippen LogP contribution is -2.47. The SMILES string of the molecule is C=CC(=O)N[C@@H](C)CN(C/C(C)=C\C)c1nc(=O)n2c3c(c(-c4ccc(F)cc4)c(C(F)(F)F)cc13)SC[C@@H](N1CCOCC1)C2. The van der Waals surface area contributed by atoms with Gasteiger partial charge in [0.1, 0.15) is 11.6 Å². The van der Waals surface area contributed by atoms with Crippen LogP contribution in [-0.4, -0.2) is 77.6 Å². The molecular weight excluding hydrogens is 622 g/mol. The van der Waals surface area contributed by atoms with Crippen LogP contribution in [-0.2, 0) is 22.3 Å². The third-order valence-corrected chi connectivity index (χ3v) is 9.55. The van der Waals surface area contributed by atoms with E-state index in [9.17, 15) is 14.0 Å². The molecule has 1 saturated heterocycles. The van der Waals surface area contributed by atoms with Gasteiger partial charge in [0.05, 0.1) is 24.3 Å². The molecule has 3 aromatic rings. The molecule has 0 unspecified atom stereocenters. The van der Waals surface area contributed by atoms with Crippen LogP contribution in [0.25, 0.3) is 22.0 Å². The molecule has 0 aliphatic carbocycles. The van der Waals surface area contributed by atoms with E-state index < -0.39 is 35.2 Å². The fraction of sp³-hybridized carbons (Fsp3) is 0.424. The number of anilines is 1. The average Bonchev–Trinajstić information content (AvgIpc) is 3.24. The number of carbonyl (C=O) groups is 1. The maximum atomic E-state index is 15.0. The molecule has 3 heterocycles. The molecule has 0 spiro atoms. The minimum atomic E-state index is -4.78. The minimum absolute atomic E-state index is 0.0965. The normalized spacial score (nSPS) is 18.2. The Morgan fingerprint density at radius 1 is 1.26 bits per heavy atom. The van der Waals surface area contributed by atoms with Gasteiger partial charge in [-0.15, -0.1) is 11.8 Å². The summed E-state index contributed by atoms with van der Waals surface area (Å²) in [5.41, 5.74) is -0.132. The second kappa shape index (κ2) is 14.0. The van der Waals surface area contributed by atoms with Crippen LogP contribution in [0.2, 0.25) is 0 Å². The van der Waals surface area contributed by atoms with E-state index in [4.69, 9.17) is 4.74 Å². The van der Waals surface area contributed by atoms with Crippen LogP contribution in [0.3, 0.4) is 0 Å². The zero-order valence-corrected chi connectivity index (χ0v) is 26.8. The van der Waals surface area contributed by atoms with E-state index in [0.717, 1.165) is 29.8 Å². The third-order valence-electron chi connectivity index (χ3n) is 8.31. The summed E-state index contributed by atoms with van der Waals surface area (Å²) >= 11 is 1.27. The zero-order chi connectivity index (χ0) is 33.2. The van der Waals surface area contributed by atoms with Crippen molar-refractivity contribution in [1.29, 1.82) is 0 Å². The molecule has 1 fully saturated rings. The first kappa shape index (κ1) is 33.7. The maximum Gasteiger partial charge on any atom is 0.417 e. The van der Waals surface area contributed by atoms with Crippen molar-refractivity contribution in [2.75, 3.05) is 50.0 Å². The summed E-state index contributed by atoms with van der Waals surface area (Å²) in [6, 6.07) is 5.39. The molecular formula is C33H37F4N5O3S. The molecule has 246 valence electrons. The number of nitrogens with zero attached hydrogens (tertiary/aromatic N) is 4. The number of thioether (sulfide) groups is 1. The van der Waals surface area contributed by atoms with Gasteiger partial charge < -0.3 is 15.0 Å². The van der Waals surface area contributed by atoms with Gasteiger partial charge in [0, 0.05) is 66.4 Å². The van der Waals surface area contributed by atoms with Crippen molar-refractivity contribution in [3.05, 3.63) is 76.5 Å². The Bertz CT molecular complexity index is 1700. The summed E-state index contributed by atoms with van der Waals surface area (Å²) in [5.74, 6) is -0.446. The lowest BCUT2D eigenvalue weighted by molar-refractivity contribution is -0.137. The highest BCUT2D eigenvalue weighted by molar-refractivity contribution is 7.99. The van der Waals surface area contributed by atoms with Crippen LogP contribution in [0.5, 0.6) is 0 Å². The van der Waals surface area contributed by atoms with Gasteiger partial charge in [0.25, 0.3) is 0 Å². The summed E-state index contributed by atoms with van der Waals surface area (Å²) in [6.07, 6.45) is -1.76. The van der Waals surface area contributed by atoms with Crippen LogP contribution in [0.15, 0.2) is 64.3 Å². The van der Waals surface area contributed by atoms with E-state index in [1.807, 2.05) is 19.9 Å². The first-order valence-corrected chi connectivity index (χ1v) is 16.1. The van der Waals surface area contributed by atoms with Gasteiger partial charge in [-0.05, 0) is 50.6 Å². The van der Waals surface area contributed by atoms with Crippen molar-refractivity contribution in [3.8, 4) is 11.1 Å². The molecule has 0 saturated carbocycles. The van der Waals surface area contributed by atoms with E-state index >= 15 is 13.2 Å². The van der Waals surface area contributed by atoms with Gasteiger partial charge in [-0.25, -0.2) is 9.18 Å². The summed E-state index contributed by atoms with van der Waals surface area (Å²) in [7, 11) is 0. The van der Waals surface area contributed by atoms with Crippen molar-refractivity contribution >= 4 is 34.4 Å². The predicted molar refractivity (Wildman–Crippen MR) is 173 cm³/mol. The van der Waals surface area contributed by atoms with Gasteiger partial charge in [0.2, 0.25) is 5.91 Å². The van der Waals surface area contributed by atoms with E-state index in [1.54, 1.807) is 11.8 Å². The number of rotatable bonds is 9. The average molecular weight is 660 g/mol. The summed E-state index contributed by atoms with van der Waals surface area (Å²) in [4.78, 5) is 34.8. The van der Waals surface area contributed by atoms with E-state index in [0.29, 0.717) is 42.5 Å². The Labute approximate surface area is 269 Å². The molecule has 0 radical (unpaired) electrons. The fourth-order valence-electron chi connectivity index (χ4n) is 5.97. The van der Waals surface area contributed by atoms with Gasteiger partial charge >= 0.3 is 11.9 Å². The molecule has 0 bridgehead atoms. The predicted octanol–water partition coefficient (Wildman–Crippen LogP) is 5.49. The second-order valence-corrected chi connectivity index (χ2v) is 12.6. The first-order chi connectivity index (χ1) is 21.9. The van der Waals surface area contributed by atoms with Crippen molar-refractivity contribution in [2.24, 2.45) is 0 Å². The molecule has 2 aromatic carbocycles. The Balaban J connectivity index is 1.80. The Hall–Kier alpha value is -3.68. The van der Waals surface area contributed by atoms with E-state index in [2.05, 4.69) is 21.8 Å². The van der Waals surface area contributed by atoms with Gasteiger partial charge in [0.15, 0.2) is 0 Å². The highest BCUT2D eigenvalue weighted by Gasteiger charge is 2.39. The molecule has 2 atom stereocenters. The van der Waals surface area contributed by atoms with Crippen LogP contribution in [0, 0.1) is 5.82 Å². The van der Waals surface area contributed by atoms with E-state index in [1.165, 1.54) is 28.5 Å². The zero-order valence-electron chi connectivity index (χ0n) is 26.0. The Morgan fingerprint density at radius 2 is 1.96 bits per heavy atom. The number of nitrogens with one attached hydrogen (secondary N) is 1. The highest BCUT2D eigenvalue weighted by atomic mass is 32.2. The molecule has 2 aliphatic rings. The Kier molecular flexibility index (Phi) is 10.2. The first-order valence-electron chi connectivity index (χ1n) is 15.1. The van der Waals surface area contributed by atoms with Crippen LogP contribution < -0.4 is 15.9 Å². The smallest absolute Gasteiger partial charge is 0.379 e. The van der Waals surface area contributed by atoms with Gasteiger partial charge in [-0.3, -0.25) is 14.3 Å². The number of morpholine rings is 1. The number of ether oxygens (including phenoxy) is 1. The van der Waals surface area contributed by atoms with Crippen LogP contribution in [0.4, 0.5) is 23.4 Å². The highest BCUT2D eigenvalue weighted by Crippen LogP contribution is 2.48. The minimum Gasteiger partial charge on any atom is -0.379 e. The van der Waals surface area contributed by atoms with E-state index in [-0.39, 0.29) is 48.0 Å². The lowest BCUT2D eigenvalue weighted by atomic mass is 9.96. The molecule has 13 heteroatoms. The number of amides is 1. The van der Waals surface area contributed by atoms with Crippen molar-refractivity contribution in [2.45, 2.75) is 50.5 Å². The quantitative estimate of drug-likeness (QED) is 0.185. The van der Waals surface area contributed by atoms with Crippen molar-refractivity contribution in [1.82, 2.24) is 19.8 Å². The number of allylic oxidation sites excluding steroid dienone is 1. The Morgan fingerprint density at radius 3 is 2.59 bits per heavy atom. The second-order valence-electron chi connectivity index (χ2n) is 11.6. The number of carbonyl (C=O) groups excluding carboxylic acids is 1. The van der Waals surface area contributed by atoms with Gasteiger partial charge in [-0.1, -0.05) is 30.4 Å². The standard InChI is InChI=1S/C33H37F4N5O3S/c1-5-20(3)16-41(17-21(4)38-27(43)6-2)31-25-15-26(33(35,36)37)28(22-7-9-23(34)10-8-22)30-29(25)42(32(44)39-31)18-24(19-46-30)40-11-13-45-14-12-40/h5-10,15,21,24H,2,11-14,16-19H2,1,3-4H3,(H,38,43)/b20-5-/t21-,24-/m0/s1. The number of halogens is 4.